The van der Waals surface area contributed by atoms with Crippen LogP contribution in [0.1, 0.15) is 19.8 Å². The Morgan fingerprint density at radius 3 is 3.19 bits per heavy atom. The van der Waals surface area contributed by atoms with E-state index >= 15 is 0 Å². The fourth-order valence-corrected chi connectivity index (χ4v) is 2.66. The number of aromatic nitrogens is 2. The number of likely N-dealkylation sites (tertiary alicyclic amines) is 1. The number of rotatable bonds is 3. The zero-order chi connectivity index (χ0) is 11.5. The summed E-state index contributed by atoms with van der Waals surface area (Å²) in [5.41, 5.74) is 0. The highest BCUT2D eigenvalue weighted by molar-refractivity contribution is 9.10. The lowest BCUT2D eigenvalue weighted by Gasteiger charge is -2.34. The number of hydrogen-bond acceptors (Lipinski definition) is 2. The number of piperidine rings is 1. The molecular formula is C11H16BrN3O. The molecule has 1 aliphatic rings. The number of alkyl halides is 1. The summed E-state index contributed by atoms with van der Waals surface area (Å²) in [6.07, 6.45) is 5.71. The number of amides is 1. The number of carbonyl (C=O) groups excluding carboxylic acids is 1. The van der Waals surface area contributed by atoms with Crippen LogP contribution in [0.5, 0.6) is 0 Å². The van der Waals surface area contributed by atoms with E-state index in [0.29, 0.717) is 0 Å². The number of nitrogens with zero attached hydrogens (tertiary/aromatic N) is 3. The van der Waals surface area contributed by atoms with Gasteiger partial charge in [-0.05, 0) is 25.8 Å². The van der Waals surface area contributed by atoms with Gasteiger partial charge in [0, 0.05) is 25.0 Å². The van der Waals surface area contributed by atoms with Gasteiger partial charge in [0.25, 0.3) is 0 Å². The van der Waals surface area contributed by atoms with Crippen molar-refractivity contribution in [1.29, 1.82) is 0 Å². The number of carbonyl (C=O) groups is 1. The summed E-state index contributed by atoms with van der Waals surface area (Å²) < 4.78 is 1.87. The zero-order valence-electron chi connectivity index (χ0n) is 9.34. The normalized spacial score (nSPS) is 23.5. The average Bonchev–Trinajstić information content (AvgIpc) is 2.74. The van der Waals surface area contributed by atoms with Gasteiger partial charge in [-0.1, -0.05) is 15.9 Å². The Balaban J connectivity index is 1.98. The van der Waals surface area contributed by atoms with Gasteiger partial charge in [-0.2, -0.15) is 5.10 Å². The molecule has 1 aliphatic heterocycles. The Morgan fingerprint density at radius 2 is 2.50 bits per heavy atom. The van der Waals surface area contributed by atoms with E-state index in [1.54, 1.807) is 6.20 Å². The molecule has 0 spiro atoms. The SMILES string of the molecule is CC(Cn1cccn1)N1CCCC(Br)C1=O. The Bertz CT molecular complexity index is 352. The van der Waals surface area contributed by atoms with E-state index in [1.165, 1.54) is 0 Å². The van der Waals surface area contributed by atoms with Gasteiger partial charge in [-0.3, -0.25) is 9.48 Å². The van der Waals surface area contributed by atoms with Crippen molar-refractivity contribution >= 4 is 21.8 Å². The molecule has 0 aliphatic carbocycles. The molecule has 0 bridgehead atoms. The Kier molecular flexibility index (Phi) is 3.63. The van der Waals surface area contributed by atoms with Gasteiger partial charge in [0.05, 0.1) is 11.4 Å². The second-order valence-electron chi connectivity index (χ2n) is 4.22. The summed E-state index contributed by atoms with van der Waals surface area (Å²) in [7, 11) is 0. The summed E-state index contributed by atoms with van der Waals surface area (Å²) in [4.78, 5) is 13.9. The van der Waals surface area contributed by atoms with E-state index in [2.05, 4.69) is 28.0 Å². The van der Waals surface area contributed by atoms with Crippen LogP contribution in [0, 0.1) is 0 Å². The van der Waals surface area contributed by atoms with Crippen LogP contribution in [0.25, 0.3) is 0 Å². The van der Waals surface area contributed by atoms with Crippen molar-refractivity contribution < 1.29 is 4.79 Å². The van der Waals surface area contributed by atoms with E-state index in [-0.39, 0.29) is 16.8 Å². The summed E-state index contributed by atoms with van der Waals surface area (Å²) in [5, 5.41) is 4.16. The molecule has 4 nitrogen and oxygen atoms in total. The van der Waals surface area contributed by atoms with Gasteiger partial charge >= 0.3 is 0 Å². The lowest BCUT2D eigenvalue weighted by molar-refractivity contribution is -0.134. The van der Waals surface area contributed by atoms with Crippen LogP contribution in [0.4, 0.5) is 0 Å². The van der Waals surface area contributed by atoms with Crippen molar-refractivity contribution in [2.75, 3.05) is 6.54 Å². The van der Waals surface area contributed by atoms with Gasteiger partial charge in [-0.25, -0.2) is 0 Å². The third-order valence-electron chi connectivity index (χ3n) is 2.95. The monoisotopic (exact) mass is 285 g/mol. The van der Waals surface area contributed by atoms with Crippen LogP contribution in [0.15, 0.2) is 18.5 Å². The second-order valence-corrected chi connectivity index (χ2v) is 5.32. The lowest BCUT2D eigenvalue weighted by Crippen LogP contribution is -2.48. The quantitative estimate of drug-likeness (QED) is 0.793. The highest BCUT2D eigenvalue weighted by Crippen LogP contribution is 2.20. The third-order valence-corrected chi connectivity index (χ3v) is 3.80. The van der Waals surface area contributed by atoms with E-state index in [4.69, 9.17) is 0 Å². The van der Waals surface area contributed by atoms with Crippen molar-refractivity contribution in [1.82, 2.24) is 14.7 Å². The molecule has 0 saturated carbocycles. The maximum absolute atomic E-state index is 11.9. The second kappa shape index (κ2) is 4.99. The first kappa shape index (κ1) is 11.6. The Hall–Kier alpha value is -0.840. The average molecular weight is 286 g/mol. The molecular weight excluding hydrogens is 270 g/mol. The Labute approximate surface area is 104 Å². The highest BCUT2D eigenvalue weighted by Gasteiger charge is 2.29. The molecule has 88 valence electrons. The highest BCUT2D eigenvalue weighted by atomic mass is 79.9. The van der Waals surface area contributed by atoms with E-state index in [0.717, 1.165) is 25.9 Å². The molecule has 0 radical (unpaired) electrons. The molecule has 2 atom stereocenters. The fourth-order valence-electron chi connectivity index (χ4n) is 2.07. The zero-order valence-corrected chi connectivity index (χ0v) is 10.9. The minimum Gasteiger partial charge on any atom is -0.337 e. The predicted molar refractivity (Wildman–Crippen MR) is 65.4 cm³/mol. The van der Waals surface area contributed by atoms with Gasteiger partial charge in [0.15, 0.2) is 0 Å². The van der Waals surface area contributed by atoms with Crippen molar-refractivity contribution in [2.24, 2.45) is 0 Å². The minimum absolute atomic E-state index is 0.00122. The molecule has 1 fully saturated rings. The summed E-state index contributed by atoms with van der Waals surface area (Å²) in [6.45, 7) is 3.70. The minimum atomic E-state index is 0.00122. The van der Waals surface area contributed by atoms with E-state index in [1.807, 2.05) is 21.8 Å². The molecule has 2 heterocycles. The summed E-state index contributed by atoms with van der Waals surface area (Å²) in [5.74, 6) is 0.214. The molecule has 1 saturated heterocycles. The number of halogens is 1. The molecule has 2 unspecified atom stereocenters. The lowest BCUT2D eigenvalue weighted by atomic mass is 10.1. The van der Waals surface area contributed by atoms with Crippen molar-refractivity contribution in [3.05, 3.63) is 18.5 Å². The maximum atomic E-state index is 11.9. The molecule has 1 aromatic rings. The van der Waals surface area contributed by atoms with Crippen molar-refractivity contribution in [3.63, 3.8) is 0 Å². The van der Waals surface area contributed by atoms with E-state index < -0.39 is 0 Å². The molecule has 5 heteroatoms. The molecule has 0 aromatic carbocycles. The van der Waals surface area contributed by atoms with Gasteiger partial charge in [-0.15, -0.1) is 0 Å². The first-order chi connectivity index (χ1) is 7.68. The first-order valence-corrected chi connectivity index (χ1v) is 6.52. The maximum Gasteiger partial charge on any atom is 0.236 e. The largest absolute Gasteiger partial charge is 0.337 e. The van der Waals surface area contributed by atoms with Gasteiger partial charge in [0.2, 0.25) is 5.91 Å². The van der Waals surface area contributed by atoms with Crippen LogP contribution in [0.2, 0.25) is 0 Å². The molecule has 0 N–H and O–H groups in total. The fraction of sp³-hybridized carbons (Fsp3) is 0.636. The van der Waals surface area contributed by atoms with Crippen LogP contribution in [0.3, 0.4) is 0 Å². The third kappa shape index (κ3) is 2.45. The molecule has 1 aromatic heterocycles. The molecule has 1 amide bonds. The van der Waals surface area contributed by atoms with Crippen LogP contribution in [-0.2, 0) is 11.3 Å². The van der Waals surface area contributed by atoms with E-state index in [9.17, 15) is 4.79 Å². The van der Waals surface area contributed by atoms with Crippen LogP contribution in [-0.4, -0.2) is 38.0 Å². The predicted octanol–water partition coefficient (Wildman–Crippen LogP) is 1.66. The summed E-state index contributed by atoms with van der Waals surface area (Å²) >= 11 is 3.43. The standard InChI is InChI=1S/C11H16BrN3O/c1-9(8-14-6-3-5-13-14)15-7-2-4-10(12)11(15)16/h3,5-6,9-10H,2,4,7-8H2,1H3. The van der Waals surface area contributed by atoms with Gasteiger partial charge < -0.3 is 4.90 Å². The van der Waals surface area contributed by atoms with Crippen molar-refractivity contribution in [3.8, 4) is 0 Å². The Morgan fingerprint density at radius 1 is 1.69 bits per heavy atom. The number of hydrogen-bond donors (Lipinski definition) is 0. The van der Waals surface area contributed by atoms with Crippen LogP contribution < -0.4 is 0 Å². The van der Waals surface area contributed by atoms with Gasteiger partial charge in [0.1, 0.15) is 0 Å². The molecule has 2 rings (SSSR count). The first-order valence-electron chi connectivity index (χ1n) is 5.60. The smallest absolute Gasteiger partial charge is 0.236 e. The molecule has 16 heavy (non-hydrogen) atoms. The van der Waals surface area contributed by atoms with Crippen LogP contribution >= 0.6 is 15.9 Å². The topological polar surface area (TPSA) is 38.1 Å². The van der Waals surface area contributed by atoms with Crippen molar-refractivity contribution in [2.45, 2.75) is 37.2 Å². The summed E-state index contributed by atoms with van der Waals surface area (Å²) in [6, 6.07) is 2.10.